The fourth-order valence-electron chi connectivity index (χ4n) is 4.59. The number of methoxy groups -OCH3 is 2. The van der Waals surface area contributed by atoms with Crippen LogP contribution >= 0.6 is 0 Å². The molecule has 0 bridgehead atoms. The van der Waals surface area contributed by atoms with Crippen molar-refractivity contribution in [3.8, 4) is 17.2 Å². The molecule has 9 nitrogen and oxygen atoms in total. The number of amides is 1. The van der Waals surface area contributed by atoms with Crippen molar-refractivity contribution in [2.24, 2.45) is 0 Å². The second-order valence-corrected chi connectivity index (χ2v) is 9.86. The monoisotopic (exact) mass is 524 g/mol. The summed E-state index contributed by atoms with van der Waals surface area (Å²) in [6.45, 7) is 7.83. The number of Topliss-reactive ketones (excluding diaryl/α,β-unsaturated/α-hetero) is 1. The van der Waals surface area contributed by atoms with Crippen LogP contribution in [0.4, 0.5) is 0 Å². The third-order valence-corrected chi connectivity index (χ3v) is 6.54. The van der Waals surface area contributed by atoms with Gasteiger partial charge >= 0.3 is 5.97 Å². The first-order chi connectivity index (χ1) is 17.9. The van der Waals surface area contributed by atoms with Crippen LogP contribution in [0.2, 0.25) is 0 Å². The van der Waals surface area contributed by atoms with Crippen LogP contribution in [0.15, 0.2) is 35.9 Å². The summed E-state index contributed by atoms with van der Waals surface area (Å²) in [6, 6.07) is 7.57. The Balaban J connectivity index is 2.29. The largest absolute Gasteiger partial charge is 0.507 e. The van der Waals surface area contributed by atoms with Crippen LogP contribution in [0.5, 0.6) is 17.2 Å². The molecule has 2 aromatic carbocycles. The Morgan fingerprint density at radius 2 is 1.71 bits per heavy atom. The van der Waals surface area contributed by atoms with E-state index in [1.54, 1.807) is 31.4 Å². The first-order valence-electron chi connectivity index (χ1n) is 12.4. The molecule has 1 amide bonds. The van der Waals surface area contributed by atoms with Gasteiger partial charge in [0.1, 0.15) is 11.5 Å². The molecule has 1 saturated heterocycles. The number of benzene rings is 2. The highest BCUT2D eigenvalue weighted by molar-refractivity contribution is 6.46. The summed E-state index contributed by atoms with van der Waals surface area (Å²) in [5, 5.41) is 11.6. The number of esters is 1. The number of likely N-dealkylation sites (tertiary alicyclic amines) is 1. The van der Waals surface area contributed by atoms with E-state index in [2.05, 4.69) is 0 Å². The molecule has 1 heterocycles. The number of likely N-dealkylation sites (N-methyl/N-ethyl adjacent to an activating group) is 1. The average molecular weight is 525 g/mol. The molecule has 1 atom stereocenters. The summed E-state index contributed by atoms with van der Waals surface area (Å²) in [4.78, 5) is 41.8. The van der Waals surface area contributed by atoms with Gasteiger partial charge in [-0.2, -0.15) is 0 Å². The number of aryl methyl sites for hydroxylation is 1. The van der Waals surface area contributed by atoms with E-state index in [4.69, 9.17) is 14.2 Å². The molecule has 9 heteroatoms. The lowest BCUT2D eigenvalue weighted by Crippen LogP contribution is -2.35. The van der Waals surface area contributed by atoms with Crippen LogP contribution in [0.1, 0.15) is 55.0 Å². The van der Waals surface area contributed by atoms with Gasteiger partial charge in [-0.05, 0) is 67.9 Å². The third-order valence-electron chi connectivity index (χ3n) is 6.54. The molecular weight excluding hydrogens is 488 g/mol. The number of carbonyl (C=O) groups is 3. The number of aliphatic hydroxyl groups is 1. The van der Waals surface area contributed by atoms with Crippen molar-refractivity contribution in [2.75, 3.05) is 41.4 Å². The highest BCUT2D eigenvalue weighted by Gasteiger charge is 2.46. The zero-order chi connectivity index (χ0) is 28.3. The SMILES string of the molecule is COc1ccc(C2/C(=C(\O)c3cc(C(C)C)c(OC)cc3C)C(=O)C(=O)N2CCN(C)C)cc1OC(C)=O. The van der Waals surface area contributed by atoms with E-state index in [0.29, 0.717) is 34.7 Å². The maximum absolute atomic E-state index is 13.4. The lowest BCUT2D eigenvalue weighted by molar-refractivity contribution is -0.140. The quantitative estimate of drug-likeness (QED) is 0.172. The summed E-state index contributed by atoms with van der Waals surface area (Å²) in [5.41, 5.74) is 2.46. The number of rotatable bonds is 9. The molecule has 0 aromatic heterocycles. The van der Waals surface area contributed by atoms with Crippen LogP contribution < -0.4 is 14.2 Å². The smallest absolute Gasteiger partial charge is 0.308 e. The highest BCUT2D eigenvalue weighted by Crippen LogP contribution is 2.43. The van der Waals surface area contributed by atoms with E-state index >= 15 is 0 Å². The van der Waals surface area contributed by atoms with E-state index in [-0.39, 0.29) is 29.5 Å². The first-order valence-corrected chi connectivity index (χ1v) is 12.4. The van der Waals surface area contributed by atoms with Gasteiger partial charge in [-0.1, -0.05) is 19.9 Å². The van der Waals surface area contributed by atoms with E-state index in [9.17, 15) is 19.5 Å². The Bertz CT molecular complexity index is 1280. The molecule has 204 valence electrons. The second kappa shape index (κ2) is 11.7. The van der Waals surface area contributed by atoms with Crippen molar-refractivity contribution < 1.29 is 33.7 Å². The van der Waals surface area contributed by atoms with Gasteiger partial charge < -0.3 is 29.1 Å². The Kier molecular flexibility index (Phi) is 8.83. The summed E-state index contributed by atoms with van der Waals surface area (Å²) in [6.07, 6.45) is 0. The summed E-state index contributed by atoms with van der Waals surface area (Å²) < 4.78 is 16.2. The summed E-state index contributed by atoms with van der Waals surface area (Å²) >= 11 is 0. The van der Waals surface area contributed by atoms with Crippen LogP contribution in [-0.4, -0.2) is 74.0 Å². The molecule has 38 heavy (non-hydrogen) atoms. The van der Waals surface area contributed by atoms with Gasteiger partial charge in [0, 0.05) is 25.6 Å². The van der Waals surface area contributed by atoms with Gasteiger partial charge in [-0.25, -0.2) is 0 Å². The van der Waals surface area contributed by atoms with E-state index in [1.165, 1.54) is 18.9 Å². The summed E-state index contributed by atoms with van der Waals surface area (Å²) in [5.74, 6) is -1.07. The van der Waals surface area contributed by atoms with Gasteiger partial charge in [-0.15, -0.1) is 0 Å². The minimum Gasteiger partial charge on any atom is -0.507 e. The molecular formula is C29H36N2O7. The molecule has 0 spiro atoms. The van der Waals surface area contributed by atoms with E-state index < -0.39 is 23.7 Å². The van der Waals surface area contributed by atoms with Crippen LogP contribution in [-0.2, 0) is 14.4 Å². The Morgan fingerprint density at radius 1 is 1.05 bits per heavy atom. The predicted molar refractivity (Wildman–Crippen MR) is 144 cm³/mol. The molecule has 0 saturated carbocycles. The normalized spacial score (nSPS) is 16.9. The number of aliphatic hydroxyl groups excluding tert-OH is 1. The molecule has 0 radical (unpaired) electrons. The molecule has 0 aliphatic carbocycles. The molecule has 3 rings (SSSR count). The maximum atomic E-state index is 13.4. The van der Waals surface area contributed by atoms with Gasteiger partial charge in [0.25, 0.3) is 11.7 Å². The zero-order valence-corrected chi connectivity index (χ0v) is 23.2. The Morgan fingerprint density at radius 3 is 2.26 bits per heavy atom. The molecule has 1 unspecified atom stereocenters. The Hall–Kier alpha value is -3.85. The number of ketones is 1. The highest BCUT2D eigenvalue weighted by atomic mass is 16.6. The average Bonchev–Trinajstić information content (AvgIpc) is 3.11. The number of nitrogens with zero attached hydrogens (tertiary/aromatic N) is 2. The van der Waals surface area contributed by atoms with Crippen molar-refractivity contribution in [2.45, 2.75) is 39.7 Å². The number of hydrogen-bond donors (Lipinski definition) is 1. The third kappa shape index (κ3) is 5.67. The van der Waals surface area contributed by atoms with Crippen molar-refractivity contribution in [1.29, 1.82) is 0 Å². The van der Waals surface area contributed by atoms with Gasteiger partial charge in [0.15, 0.2) is 11.5 Å². The molecule has 1 aliphatic rings. The fourth-order valence-corrected chi connectivity index (χ4v) is 4.59. The number of ether oxygens (including phenoxy) is 3. The van der Waals surface area contributed by atoms with Gasteiger partial charge in [0.05, 0.1) is 25.8 Å². The Labute approximate surface area is 223 Å². The molecule has 1 fully saturated rings. The zero-order valence-electron chi connectivity index (χ0n) is 23.2. The van der Waals surface area contributed by atoms with Gasteiger partial charge in [-0.3, -0.25) is 14.4 Å². The lowest BCUT2D eigenvalue weighted by atomic mass is 9.91. The maximum Gasteiger partial charge on any atom is 0.308 e. The molecule has 1 aliphatic heterocycles. The fraction of sp³-hybridized carbons (Fsp3) is 0.414. The minimum atomic E-state index is -0.904. The van der Waals surface area contributed by atoms with Crippen LogP contribution in [0, 0.1) is 6.92 Å². The first kappa shape index (κ1) is 28.7. The van der Waals surface area contributed by atoms with Crippen molar-refractivity contribution in [3.63, 3.8) is 0 Å². The molecule has 2 aromatic rings. The number of carbonyl (C=O) groups excluding carboxylic acids is 3. The van der Waals surface area contributed by atoms with Gasteiger partial charge in [0.2, 0.25) is 0 Å². The topological polar surface area (TPSA) is 106 Å². The molecule has 1 N–H and O–H groups in total. The number of hydrogen-bond acceptors (Lipinski definition) is 8. The second-order valence-electron chi connectivity index (χ2n) is 9.86. The summed E-state index contributed by atoms with van der Waals surface area (Å²) in [7, 11) is 6.77. The standard InChI is InChI=1S/C29H36N2O7/c1-16(2)20-15-21(17(3)13-23(20)37-8)27(33)25-26(31(12-11-30(5)6)29(35)28(25)34)19-9-10-22(36-7)24(14-19)38-18(4)32/h9-10,13-16,26,33H,11-12H2,1-8H3/b27-25+. The van der Waals surface area contributed by atoms with Crippen LogP contribution in [0.25, 0.3) is 5.76 Å². The van der Waals surface area contributed by atoms with Crippen LogP contribution in [0.3, 0.4) is 0 Å². The van der Waals surface area contributed by atoms with E-state index in [1.807, 2.05) is 45.8 Å². The van der Waals surface area contributed by atoms with Crippen molar-refractivity contribution >= 4 is 23.4 Å². The van der Waals surface area contributed by atoms with E-state index in [0.717, 1.165) is 5.56 Å². The minimum absolute atomic E-state index is 0.0318. The lowest BCUT2D eigenvalue weighted by Gasteiger charge is -2.27. The van der Waals surface area contributed by atoms with Crippen molar-refractivity contribution in [3.05, 3.63) is 58.2 Å². The van der Waals surface area contributed by atoms with Crippen molar-refractivity contribution in [1.82, 2.24) is 9.80 Å². The predicted octanol–water partition coefficient (Wildman–Crippen LogP) is 4.04.